The van der Waals surface area contributed by atoms with Crippen molar-refractivity contribution < 1.29 is 9.53 Å². The molecule has 0 saturated carbocycles. The van der Waals surface area contributed by atoms with Gasteiger partial charge in [-0.25, -0.2) is 4.79 Å². The third-order valence-corrected chi connectivity index (χ3v) is 3.37. The molecule has 124 valence electrons. The van der Waals surface area contributed by atoms with Gasteiger partial charge < -0.3 is 15.0 Å². The standard InChI is InChI=1S/C20H22N2O2/c1-17-8-6-12-19(16-17)24-15-14-22(2)20(23)21-13-7-11-18-9-4-3-5-10-18/h3-6,8-10,12,16H,13-15H2,1-2H3,(H,21,23). The monoisotopic (exact) mass is 322 g/mol. The van der Waals surface area contributed by atoms with Gasteiger partial charge in [-0.2, -0.15) is 0 Å². The lowest BCUT2D eigenvalue weighted by molar-refractivity contribution is 0.196. The number of likely N-dealkylation sites (N-methyl/N-ethyl adjacent to an activating group) is 1. The molecule has 4 nitrogen and oxygen atoms in total. The van der Waals surface area contributed by atoms with Crippen molar-refractivity contribution in [2.45, 2.75) is 6.92 Å². The Bertz CT molecular complexity index is 717. The van der Waals surface area contributed by atoms with Crippen LogP contribution in [0.15, 0.2) is 54.6 Å². The molecule has 0 heterocycles. The van der Waals surface area contributed by atoms with Crippen LogP contribution >= 0.6 is 0 Å². The number of ether oxygens (including phenoxy) is 1. The zero-order valence-electron chi connectivity index (χ0n) is 14.1. The Morgan fingerprint density at radius 3 is 2.71 bits per heavy atom. The smallest absolute Gasteiger partial charge is 0.318 e. The number of nitrogens with one attached hydrogen (secondary N) is 1. The van der Waals surface area contributed by atoms with E-state index in [-0.39, 0.29) is 6.03 Å². The second-order valence-corrected chi connectivity index (χ2v) is 5.41. The Morgan fingerprint density at radius 1 is 1.17 bits per heavy atom. The average molecular weight is 322 g/mol. The fraction of sp³-hybridized carbons (Fsp3) is 0.250. The predicted octanol–water partition coefficient (Wildman–Crippen LogP) is 3.07. The topological polar surface area (TPSA) is 41.6 Å². The number of aryl methyl sites for hydroxylation is 1. The number of hydrogen-bond donors (Lipinski definition) is 1. The molecule has 4 heteroatoms. The highest BCUT2D eigenvalue weighted by Gasteiger charge is 2.06. The molecule has 0 spiro atoms. The Kier molecular flexibility index (Phi) is 6.73. The van der Waals surface area contributed by atoms with Crippen LogP contribution in [0.25, 0.3) is 0 Å². The third-order valence-electron chi connectivity index (χ3n) is 3.37. The molecule has 0 unspecified atom stereocenters. The SMILES string of the molecule is Cc1cccc(OCCN(C)C(=O)NCC#Cc2ccccc2)c1. The number of amides is 2. The van der Waals surface area contributed by atoms with Crippen LogP contribution in [0.3, 0.4) is 0 Å². The molecule has 0 fully saturated rings. The summed E-state index contributed by atoms with van der Waals surface area (Å²) in [6.45, 7) is 3.29. The maximum Gasteiger partial charge on any atom is 0.318 e. The number of hydrogen-bond acceptors (Lipinski definition) is 2. The van der Waals surface area contributed by atoms with Crippen molar-refractivity contribution in [3.63, 3.8) is 0 Å². The number of benzene rings is 2. The molecule has 0 radical (unpaired) electrons. The second kappa shape index (κ2) is 9.26. The number of nitrogens with zero attached hydrogens (tertiary/aromatic N) is 1. The fourth-order valence-electron chi connectivity index (χ4n) is 2.03. The van der Waals surface area contributed by atoms with Crippen LogP contribution in [0.2, 0.25) is 0 Å². The van der Waals surface area contributed by atoms with E-state index < -0.39 is 0 Å². The summed E-state index contributed by atoms with van der Waals surface area (Å²) in [6.07, 6.45) is 0. The lowest BCUT2D eigenvalue weighted by Gasteiger charge is -2.17. The number of rotatable bonds is 5. The molecule has 0 aromatic heterocycles. The summed E-state index contributed by atoms with van der Waals surface area (Å²) in [5, 5.41) is 2.77. The van der Waals surface area contributed by atoms with Gasteiger partial charge in [0.1, 0.15) is 12.4 Å². The largest absolute Gasteiger partial charge is 0.492 e. The molecule has 2 aromatic carbocycles. The highest BCUT2D eigenvalue weighted by Crippen LogP contribution is 2.11. The van der Waals surface area contributed by atoms with E-state index in [4.69, 9.17) is 4.74 Å². The summed E-state index contributed by atoms with van der Waals surface area (Å²) in [5.41, 5.74) is 2.09. The Morgan fingerprint density at radius 2 is 1.96 bits per heavy atom. The van der Waals surface area contributed by atoms with Crippen LogP contribution in [0.4, 0.5) is 4.79 Å². The van der Waals surface area contributed by atoms with Crippen molar-refractivity contribution in [2.24, 2.45) is 0 Å². The van der Waals surface area contributed by atoms with Gasteiger partial charge in [0.25, 0.3) is 0 Å². The highest BCUT2D eigenvalue weighted by atomic mass is 16.5. The summed E-state index contributed by atoms with van der Waals surface area (Å²) in [4.78, 5) is 13.5. The number of carbonyl (C=O) groups excluding carboxylic acids is 1. The van der Waals surface area contributed by atoms with Gasteiger partial charge in [-0.05, 0) is 36.8 Å². The van der Waals surface area contributed by atoms with E-state index in [1.807, 2.05) is 61.5 Å². The van der Waals surface area contributed by atoms with Crippen molar-refractivity contribution in [3.05, 3.63) is 65.7 Å². The minimum Gasteiger partial charge on any atom is -0.492 e. The van der Waals surface area contributed by atoms with Crippen LogP contribution in [0.1, 0.15) is 11.1 Å². The first kappa shape index (κ1) is 17.4. The lowest BCUT2D eigenvalue weighted by Crippen LogP contribution is -2.39. The second-order valence-electron chi connectivity index (χ2n) is 5.41. The Hall–Kier alpha value is -2.93. The summed E-state index contributed by atoms with van der Waals surface area (Å²) < 4.78 is 5.64. The van der Waals surface area contributed by atoms with E-state index in [2.05, 4.69) is 17.2 Å². The molecule has 0 aliphatic heterocycles. The molecule has 0 atom stereocenters. The highest BCUT2D eigenvalue weighted by molar-refractivity contribution is 5.74. The van der Waals surface area contributed by atoms with Crippen molar-refractivity contribution in [1.29, 1.82) is 0 Å². The van der Waals surface area contributed by atoms with E-state index >= 15 is 0 Å². The van der Waals surface area contributed by atoms with Gasteiger partial charge in [-0.3, -0.25) is 0 Å². The minimum absolute atomic E-state index is 0.162. The van der Waals surface area contributed by atoms with Gasteiger partial charge in [0.2, 0.25) is 0 Å². The van der Waals surface area contributed by atoms with E-state index in [0.29, 0.717) is 19.7 Å². The fourth-order valence-corrected chi connectivity index (χ4v) is 2.03. The minimum atomic E-state index is -0.162. The van der Waals surface area contributed by atoms with Crippen LogP contribution < -0.4 is 10.1 Å². The Balaban J connectivity index is 1.68. The zero-order chi connectivity index (χ0) is 17.2. The van der Waals surface area contributed by atoms with Crippen molar-refractivity contribution in [1.82, 2.24) is 10.2 Å². The number of urea groups is 1. The molecule has 1 N–H and O–H groups in total. The normalized spacial score (nSPS) is 9.58. The van der Waals surface area contributed by atoms with Gasteiger partial charge in [0.05, 0.1) is 13.1 Å². The molecule has 0 saturated heterocycles. The van der Waals surface area contributed by atoms with Gasteiger partial charge in [0.15, 0.2) is 0 Å². The summed E-state index contributed by atoms with van der Waals surface area (Å²) in [7, 11) is 1.74. The van der Waals surface area contributed by atoms with Crippen molar-refractivity contribution >= 4 is 6.03 Å². The molecule has 24 heavy (non-hydrogen) atoms. The van der Waals surface area contributed by atoms with Crippen LogP contribution in [-0.2, 0) is 0 Å². The molecular weight excluding hydrogens is 300 g/mol. The van der Waals surface area contributed by atoms with Gasteiger partial charge >= 0.3 is 6.03 Å². The average Bonchev–Trinajstić information content (AvgIpc) is 2.59. The maximum absolute atomic E-state index is 11.9. The first-order valence-corrected chi connectivity index (χ1v) is 7.87. The molecule has 0 aliphatic carbocycles. The molecule has 2 amide bonds. The van der Waals surface area contributed by atoms with E-state index in [1.165, 1.54) is 0 Å². The van der Waals surface area contributed by atoms with Crippen LogP contribution in [0.5, 0.6) is 5.75 Å². The van der Waals surface area contributed by atoms with Gasteiger partial charge in [-0.15, -0.1) is 0 Å². The molecular formula is C20H22N2O2. The van der Waals surface area contributed by atoms with Gasteiger partial charge in [0, 0.05) is 12.6 Å². The van der Waals surface area contributed by atoms with Gasteiger partial charge in [-0.1, -0.05) is 42.2 Å². The summed E-state index contributed by atoms with van der Waals surface area (Å²) >= 11 is 0. The Labute approximate surface area is 143 Å². The van der Waals surface area contributed by atoms with E-state index in [1.54, 1.807) is 11.9 Å². The van der Waals surface area contributed by atoms with E-state index in [0.717, 1.165) is 16.9 Å². The molecule has 2 rings (SSSR count). The summed E-state index contributed by atoms with van der Waals surface area (Å²) in [6, 6.07) is 17.4. The van der Waals surface area contributed by atoms with E-state index in [9.17, 15) is 4.79 Å². The predicted molar refractivity (Wildman–Crippen MR) is 96.0 cm³/mol. The first-order chi connectivity index (χ1) is 11.6. The van der Waals surface area contributed by atoms with Crippen LogP contribution in [0, 0.1) is 18.8 Å². The molecule has 2 aromatic rings. The zero-order valence-corrected chi connectivity index (χ0v) is 14.1. The maximum atomic E-state index is 11.9. The molecule has 0 bridgehead atoms. The lowest BCUT2D eigenvalue weighted by atomic mass is 10.2. The van der Waals surface area contributed by atoms with Crippen molar-refractivity contribution in [3.8, 4) is 17.6 Å². The summed E-state index contributed by atoms with van der Waals surface area (Å²) in [5.74, 6) is 6.75. The third kappa shape index (κ3) is 6.05. The van der Waals surface area contributed by atoms with Crippen molar-refractivity contribution in [2.75, 3.05) is 26.7 Å². The number of carbonyl (C=O) groups is 1. The molecule has 0 aliphatic rings. The van der Waals surface area contributed by atoms with Crippen LogP contribution in [-0.4, -0.2) is 37.7 Å². The first-order valence-electron chi connectivity index (χ1n) is 7.87. The quantitative estimate of drug-likeness (QED) is 0.860.